The quantitative estimate of drug-likeness (QED) is 0.716. The van der Waals surface area contributed by atoms with Crippen molar-refractivity contribution in [1.29, 1.82) is 0 Å². The Balaban J connectivity index is 2.29. The van der Waals surface area contributed by atoms with Crippen molar-refractivity contribution in [3.05, 3.63) is 23.8 Å². The molecule has 0 bridgehead atoms. The molecule has 2 rings (SSSR count). The fraction of sp³-hybridized carbons (Fsp3) is 0.556. The number of aliphatic hydroxyl groups excluding tert-OH is 1. The van der Waals surface area contributed by atoms with Gasteiger partial charge in [0, 0.05) is 13.0 Å². The highest BCUT2D eigenvalue weighted by Crippen LogP contribution is 2.36. The van der Waals surface area contributed by atoms with Crippen LogP contribution in [0, 0.1) is 0 Å². The minimum atomic E-state index is -0.566. The molecule has 1 aliphatic heterocycles. The van der Waals surface area contributed by atoms with Crippen LogP contribution < -0.4 is 9.47 Å². The van der Waals surface area contributed by atoms with Gasteiger partial charge in [0.05, 0.1) is 47.0 Å². The first-order chi connectivity index (χ1) is 12.5. The minimum Gasteiger partial charge on any atom is -0.493 e. The smallest absolute Gasteiger partial charge is 0.306 e. The van der Waals surface area contributed by atoms with E-state index in [1.165, 1.54) is 14.2 Å². The van der Waals surface area contributed by atoms with Crippen molar-refractivity contribution >= 4 is 11.9 Å². The third kappa shape index (κ3) is 4.44. The van der Waals surface area contributed by atoms with Gasteiger partial charge in [0.15, 0.2) is 11.5 Å². The summed E-state index contributed by atoms with van der Waals surface area (Å²) in [6.45, 7) is 0.453. The Bertz CT molecular complexity index is 634. The maximum atomic E-state index is 12.7. The summed E-state index contributed by atoms with van der Waals surface area (Å²) in [6, 6.07) is 4.83. The number of hydrogen-bond donors (Lipinski definition) is 1. The summed E-state index contributed by atoms with van der Waals surface area (Å²) in [7, 11) is 4.36. The van der Waals surface area contributed by atoms with Gasteiger partial charge in [-0.3, -0.25) is 9.59 Å². The van der Waals surface area contributed by atoms with Crippen LogP contribution in [0.15, 0.2) is 18.2 Å². The third-order valence-electron chi connectivity index (χ3n) is 4.37. The molecule has 1 aromatic carbocycles. The predicted octanol–water partition coefficient (Wildman–Crippen LogP) is 0.918. The molecule has 26 heavy (non-hydrogen) atoms. The second-order valence-electron chi connectivity index (χ2n) is 5.81. The minimum absolute atomic E-state index is 0.00906. The molecule has 1 fully saturated rings. The Morgan fingerprint density at radius 1 is 1.19 bits per heavy atom. The molecule has 8 nitrogen and oxygen atoms in total. The molecule has 8 heteroatoms. The molecule has 1 aliphatic rings. The third-order valence-corrected chi connectivity index (χ3v) is 4.37. The van der Waals surface area contributed by atoms with Gasteiger partial charge in [-0.2, -0.15) is 0 Å². The van der Waals surface area contributed by atoms with Gasteiger partial charge in [0.1, 0.15) is 6.10 Å². The lowest BCUT2D eigenvalue weighted by Gasteiger charge is -2.41. The summed E-state index contributed by atoms with van der Waals surface area (Å²) < 4.78 is 20.8. The number of ether oxygens (including phenoxy) is 4. The van der Waals surface area contributed by atoms with Crippen LogP contribution in [0.5, 0.6) is 11.5 Å². The summed E-state index contributed by atoms with van der Waals surface area (Å²) in [5, 5.41) is 9.71. The number of esters is 1. The van der Waals surface area contributed by atoms with E-state index in [0.29, 0.717) is 24.7 Å². The van der Waals surface area contributed by atoms with Crippen LogP contribution in [-0.2, 0) is 19.1 Å². The van der Waals surface area contributed by atoms with Crippen molar-refractivity contribution in [3.63, 3.8) is 0 Å². The van der Waals surface area contributed by atoms with E-state index in [-0.39, 0.29) is 25.4 Å². The average Bonchev–Trinajstić information content (AvgIpc) is 2.70. The fourth-order valence-corrected chi connectivity index (χ4v) is 3.05. The van der Waals surface area contributed by atoms with Crippen molar-refractivity contribution in [1.82, 2.24) is 4.90 Å². The van der Waals surface area contributed by atoms with E-state index in [9.17, 15) is 14.7 Å². The number of carbonyl (C=O) groups is 2. The van der Waals surface area contributed by atoms with Gasteiger partial charge < -0.3 is 29.0 Å². The van der Waals surface area contributed by atoms with E-state index in [0.717, 1.165) is 5.56 Å². The number of aliphatic hydroxyl groups is 1. The number of hydrogen-bond acceptors (Lipinski definition) is 7. The maximum absolute atomic E-state index is 12.7. The number of carbonyl (C=O) groups excluding carboxylic acids is 2. The van der Waals surface area contributed by atoms with Gasteiger partial charge in [0.2, 0.25) is 5.91 Å². The van der Waals surface area contributed by atoms with Crippen molar-refractivity contribution in [2.75, 3.05) is 41.1 Å². The monoisotopic (exact) mass is 367 g/mol. The Morgan fingerprint density at radius 2 is 1.92 bits per heavy atom. The highest BCUT2D eigenvalue weighted by Gasteiger charge is 2.36. The normalized spacial score (nSPS) is 19.8. The highest BCUT2D eigenvalue weighted by atomic mass is 16.5. The van der Waals surface area contributed by atoms with Crippen LogP contribution in [0.2, 0.25) is 0 Å². The van der Waals surface area contributed by atoms with Crippen LogP contribution in [0.1, 0.15) is 24.4 Å². The molecule has 0 unspecified atom stereocenters. The molecule has 1 aromatic rings. The Morgan fingerprint density at radius 3 is 2.54 bits per heavy atom. The van der Waals surface area contributed by atoms with Gasteiger partial charge >= 0.3 is 5.97 Å². The molecule has 1 saturated heterocycles. The summed E-state index contributed by atoms with van der Waals surface area (Å²) in [5.41, 5.74) is 0.757. The molecule has 0 aliphatic carbocycles. The van der Waals surface area contributed by atoms with Crippen LogP contribution >= 0.6 is 0 Å². The van der Waals surface area contributed by atoms with Crippen molar-refractivity contribution in [2.24, 2.45) is 0 Å². The molecule has 1 heterocycles. The molecule has 0 saturated carbocycles. The summed E-state index contributed by atoms with van der Waals surface area (Å²) in [5.74, 6) is 0.455. The van der Waals surface area contributed by atoms with Crippen molar-refractivity contribution in [2.45, 2.75) is 25.0 Å². The lowest BCUT2D eigenvalue weighted by atomic mass is 9.97. The maximum Gasteiger partial charge on any atom is 0.306 e. The zero-order valence-electron chi connectivity index (χ0n) is 15.3. The molecule has 1 amide bonds. The summed E-state index contributed by atoms with van der Waals surface area (Å²) in [6.07, 6.45) is -0.520. The second kappa shape index (κ2) is 9.40. The first kappa shape index (κ1) is 20.0. The summed E-state index contributed by atoms with van der Waals surface area (Å²) >= 11 is 0. The molecule has 2 atom stereocenters. The number of amides is 1. The topological polar surface area (TPSA) is 94.5 Å². The molecule has 0 aromatic heterocycles. The van der Waals surface area contributed by atoms with E-state index in [4.69, 9.17) is 14.2 Å². The first-order valence-electron chi connectivity index (χ1n) is 8.36. The van der Waals surface area contributed by atoms with Gasteiger partial charge in [0.25, 0.3) is 0 Å². The Hall–Kier alpha value is -2.32. The SMILES string of the molecule is COC(=O)CCC(=O)N1CCO[C@@H](CO)[C@@H]1c1ccc(OC)c(OC)c1. The van der Waals surface area contributed by atoms with Crippen LogP contribution in [0.4, 0.5) is 0 Å². The van der Waals surface area contributed by atoms with Crippen LogP contribution in [0.25, 0.3) is 0 Å². The molecule has 0 radical (unpaired) electrons. The first-order valence-corrected chi connectivity index (χ1v) is 8.36. The zero-order valence-corrected chi connectivity index (χ0v) is 15.3. The highest BCUT2D eigenvalue weighted by molar-refractivity contribution is 5.81. The molecular weight excluding hydrogens is 342 g/mol. The molecule has 1 N–H and O–H groups in total. The fourth-order valence-electron chi connectivity index (χ4n) is 3.05. The number of rotatable bonds is 7. The van der Waals surface area contributed by atoms with Gasteiger partial charge in [-0.05, 0) is 17.7 Å². The predicted molar refractivity (Wildman–Crippen MR) is 92.1 cm³/mol. The molecule has 0 spiro atoms. The number of benzene rings is 1. The van der Waals surface area contributed by atoms with Crippen LogP contribution in [-0.4, -0.2) is 69.1 Å². The van der Waals surface area contributed by atoms with E-state index in [2.05, 4.69) is 4.74 Å². The van der Waals surface area contributed by atoms with Gasteiger partial charge in [-0.1, -0.05) is 6.07 Å². The molecule has 144 valence electrons. The average molecular weight is 367 g/mol. The number of methoxy groups -OCH3 is 3. The van der Waals surface area contributed by atoms with Gasteiger partial charge in [-0.15, -0.1) is 0 Å². The second-order valence-corrected chi connectivity index (χ2v) is 5.81. The lowest BCUT2D eigenvalue weighted by molar-refractivity contribution is -0.152. The van der Waals surface area contributed by atoms with Crippen molar-refractivity contribution in [3.8, 4) is 11.5 Å². The molecular formula is C18H25NO7. The Kier molecular flexibility index (Phi) is 7.23. The zero-order chi connectivity index (χ0) is 19.1. The van der Waals surface area contributed by atoms with Crippen LogP contribution in [0.3, 0.4) is 0 Å². The van der Waals surface area contributed by atoms with Gasteiger partial charge in [-0.25, -0.2) is 0 Å². The Labute approximate surface area is 152 Å². The lowest BCUT2D eigenvalue weighted by Crippen LogP contribution is -2.49. The van der Waals surface area contributed by atoms with E-state index in [1.807, 2.05) is 6.07 Å². The van der Waals surface area contributed by atoms with E-state index < -0.39 is 18.1 Å². The number of nitrogens with zero attached hydrogens (tertiary/aromatic N) is 1. The van der Waals surface area contributed by atoms with E-state index in [1.54, 1.807) is 24.1 Å². The standard InChI is InChI=1S/C18H25NO7/c1-23-13-5-4-12(10-14(13)24-2)18-15(11-20)26-9-8-19(18)16(21)6-7-17(22)25-3/h4-5,10,15,18,20H,6-9,11H2,1-3H3/t15-,18-/m0/s1. The summed E-state index contributed by atoms with van der Waals surface area (Å²) in [4.78, 5) is 25.6. The number of morpholine rings is 1. The largest absolute Gasteiger partial charge is 0.493 e. The van der Waals surface area contributed by atoms with E-state index >= 15 is 0 Å². The van der Waals surface area contributed by atoms with Crippen molar-refractivity contribution < 1.29 is 33.6 Å².